The molecule has 0 saturated carbocycles. The fourth-order valence-electron chi connectivity index (χ4n) is 2.04. The molecule has 0 aliphatic rings. The molecule has 0 saturated heterocycles. The molecule has 0 fully saturated rings. The summed E-state index contributed by atoms with van der Waals surface area (Å²) in [7, 11) is 0. The Morgan fingerprint density at radius 3 is 2.36 bits per heavy atom. The van der Waals surface area contributed by atoms with Gasteiger partial charge in [-0.05, 0) is 30.3 Å². The predicted octanol–water partition coefficient (Wildman–Crippen LogP) is 4.29. The molecule has 28 heavy (non-hydrogen) atoms. The minimum absolute atomic E-state index is 0.0384. The van der Waals surface area contributed by atoms with Gasteiger partial charge >= 0.3 is 12.6 Å². The second-order valence-electron chi connectivity index (χ2n) is 5.29. The van der Waals surface area contributed by atoms with Crippen molar-refractivity contribution < 1.29 is 27.5 Å². The largest absolute Gasteiger partial charge is 0.432 e. The molecule has 3 N–H and O–H groups in total. The van der Waals surface area contributed by atoms with Crippen LogP contribution < -0.4 is 20.7 Å². The zero-order valence-corrected chi connectivity index (χ0v) is 15.6. The van der Waals surface area contributed by atoms with Crippen LogP contribution in [-0.4, -0.2) is 31.6 Å². The second-order valence-corrected chi connectivity index (χ2v) is 6.10. The fourth-order valence-corrected chi connectivity index (χ4v) is 2.34. The Morgan fingerprint density at radius 2 is 1.71 bits per heavy atom. The lowest BCUT2D eigenvalue weighted by Crippen LogP contribution is -2.36. The lowest BCUT2D eigenvalue weighted by molar-refractivity contribution is -0.0521. The molecule has 0 aliphatic carbocycles. The zero-order valence-electron chi connectivity index (χ0n) is 14.1. The molecule has 0 aromatic heterocycles. The molecule has 2 rings (SSSR count). The Bertz CT molecular complexity index is 869. The van der Waals surface area contributed by atoms with E-state index in [1.54, 1.807) is 0 Å². The van der Waals surface area contributed by atoms with Gasteiger partial charge in [-0.1, -0.05) is 23.2 Å². The number of amides is 3. The summed E-state index contributed by atoms with van der Waals surface area (Å²) >= 11 is 11.6. The lowest BCUT2D eigenvalue weighted by Gasteiger charge is -2.10. The van der Waals surface area contributed by atoms with Crippen molar-refractivity contribution in [2.24, 2.45) is 0 Å². The molecule has 2 aromatic rings. The number of carbonyl (C=O) groups excluding carboxylic acids is 2. The van der Waals surface area contributed by atoms with Gasteiger partial charge in [0.15, 0.2) is 11.6 Å². The number of hydrogen-bond acceptors (Lipinski definition) is 3. The van der Waals surface area contributed by atoms with Crippen LogP contribution in [0.1, 0.15) is 10.4 Å². The second kappa shape index (κ2) is 10.0. The van der Waals surface area contributed by atoms with Crippen LogP contribution in [0.3, 0.4) is 0 Å². The van der Waals surface area contributed by atoms with E-state index >= 15 is 0 Å². The van der Waals surface area contributed by atoms with Gasteiger partial charge in [-0.3, -0.25) is 4.79 Å². The van der Waals surface area contributed by atoms with Crippen LogP contribution in [0.5, 0.6) is 5.75 Å². The molecule has 0 radical (unpaired) electrons. The summed E-state index contributed by atoms with van der Waals surface area (Å²) in [5.74, 6) is -2.09. The number of urea groups is 1. The number of alkyl halides is 2. The van der Waals surface area contributed by atoms with E-state index in [0.717, 1.165) is 12.1 Å². The Labute approximate surface area is 168 Å². The summed E-state index contributed by atoms with van der Waals surface area (Å²) in [4.78, 5) is 23.7. The maximum absolute atomic E-state index is 13.6. The average Bonchev–Trinajstić information content (AvgIpc) is 2.63. The summed E-state index contributed by atoms with van der Waals surface area (Å²) in [6.07, 6.45) is 0. The van der Waals surface area contributed by atoms with Gasteiger partial charge in [-0.15, -0.1) is 0 Å². The summed E-state index contributed by atoms with van der Waals surface area (Å²) < 4.78 is 41.7. The first kappa shape index (κ1) is 21.6. The van der Waals surface area contributed by atoms with E-state index in [9.17, 15) is 22.8 Å². The molecule has 0 heterocycles. The first-order chi connectivity index (χ1) is 13.3. The van der Waals surface area contributed by atoms with Crippen LogP contribution in [0, 0.1) is 5.82 Å². The van der Waals surface area contributed by atoms with Gasteiger partial charge in [0, 0.05) is 30.4 Å². The molecule has 0 unspecified atom stereocenters. The fraction of sp³-hybridized carbons (Fsp3) is 0.176. The van der Waals surface area contributed by atoms with Crippen molar-refractivity contribution >= 4 is 40.8 Å². The number of carbonyl (C=O) groups is 2. The van der Waals surface area contributed by atoms with Gasteiger partial charge in [-0.2, -0.15) is 8.78 Å². The molecule has 0 spiro atoms. The predicted molar refractivity (Wildman–Crippen MR) is 98.8 cm³/mol. The molecular weight excluding hydrogens is 422 g/mol. The molecular formula is C17H14Cl2F3N3O3. The number of rotatable bonds is 7. The zero-order chi connectivity index (χ0) is 20.7. The van der Waals surface area contributed by atoms with Gasteiger partial charge in [0.1, 0.15) is 0 Å². The topological polar surface area (TPSA) is 79.5 Å². The number of hydrogen-bond donors (Lipinski definition) is 3. The van der Waals surface area contributed by atoms with Crippen molar-refractivity contribution in [3.63, 3.8) is 0 Å². The van der Waals surface area contributed by atoms with E-state index in [2.05, 4.69) is 20.7 Å². The monoisotopic (exact) mass is 435 g/mol. The van der Waals surface area contributed by atoms with E-state index in [0.29, 0.717) is 10.6 Å². The van der Waals surface area contributed by atoms with Gasteiger partial charge < -0.3 is 20.7 Å². The SMILES string of the molecule is O=C(NCCNC(=O)c1ccc(Cl)c(Cl)c1)Nc1ccc(OC(F)F)c(F)c1. The number of benzene rings is 2. The third-order valence-corrected chi connectivity index (χ3v) is 4.02. The van der Waals surface area contributed by atoms with Crippen LogP contribution >= 0.6 is 23.2 Å². The highest BCUT2D eigenvalue weighted by Gasteiger charge is 2.12. The van der Waals surface area contributed by atoms with Gasteiger partial charge in [-0.25, -0.2) is 9.18 Å². The van der Waals surface area contributed by atoms with Crippen molar-refractivity contribution in [2.75, 3.05) is 18.4 Å². The third kappa shape index (κ3) is 6.50. The minimum Gasteiger partial charge on any atom is -0.432 e. The maximum Gasteiger partial charge on any atom is 0.387 e. The smallest absolute Gasteiger partial charge is 0.387 e. The van der Waals surface area contributed by atoms with Crippen LogP contribution in [0.4, 0.5) is 23.7 Å². The van der Waals surface area contributed by atoms with E-state index < -0.39 is 30.1 Å². The molecule has 6 nitrogen and oxygen atoms in total. The Hall–Kier alpha value is -2.65. The number of nitrogens with one attached hydrogen (secondary N) is 3. The van der Waals surface area contributed by atoms with Crippen LogP contribution in [-0.2, 0) is 0 Å². The van der Waals surface area contributed by atoms with Crippen LogP contribution in [0.2, 0.25) is 10.0 Å². The normalized spacial score (nSPS) is 10.5. The molecule has 11 heteroatoms. The number of ether oxygens (including phenoxy) is 1. The Morgan fingerprint density at radius 1 is 1.00 bits per heavy atom. The van der Waals surface area contributed by atoms with Gasteiger partial charge in [0.25, 0.3) is 5.91 Å². The molecule has 150 valence electrons. The first-order valence-electron chi connectivity index (χ1n) is 7.78. The maximum atomic E-state index is 13.6. The van der Waals surface area contributed by atoms with Gasteiger partial charge in [0.2, 0.25) is 0 Å². The van der Waals surface area contributed by atoms with Crippen LogP contribution in [0.25, 0.3) is 0 Å². The van der Waals surface area contributed by atoms with E-state index in [4.69, 9.17) is 23.2 Å². The highest BCUT2D eigenvalue weighted by molar-refractivity contribution is 6.42. The van der Waals surface area contributed by atoms with Crippen molar-refractivity contribution in [1.29, 1.82) is 0 Å². The van der Waals surface area contributed by atoms with E-state index in [1.807, 2.05) is 0 Å². The van der Waals surface area contributed by atoms with Crippen molar-refractivity contribution in [1.82, 2.24) is 10.6 Å². The van der Waals surface area contributed by atoms with Gasteiger partial charge in [0.05, 0.1) is 10.0 Å². The molecule has 0 bridgehead atoms. The molecule has 0 aliphatic heterocycles. The number of halogens is 5. The molecule has 2 aromatic carbocycles. The van der Waals surface area contributed by atoms with E-state index in [1.165, 1.54) is 24.3 Å². The summed E-state index contributed by atoms with van der Waals surface area (Å²) in [6, 6.07) is 6.73. The average molecular weight is 436 g/mol. The lowest BCUT2D eigenvalue weighted by atomic mass is 10.2. The Balaban J connectivity index is 1.76. The minimum atomic E-state index is -3.16. The summed E-state index contributed by atoms with van der Waals surface area (Å²) in [5.41, 5.74) is 0.344. The summed E-state index contributed by atoms with van der Waals surface area (Å²) in [5, 5.41) is 7.89. The first-order valence-corrected chi connectivity index (χ1v) is 8.54. The summed E-state index contributed by atoms with van der Waals surface area (Å²) in [6.45, 7) is -2.97. The van der Waals surface area contributed by atoms with E-state index in [-0.39, 0.29) is 23.8 Å². The standard InChI is InChI=1S/C17H14Cl2F3N3O3/c18-11-3-1-9(7-12(11)19)15(26)23-5-6-24-17(27)25-10-2-4-14(13(20)8-10)28-16(21)22/h1-4,7-8,16H,5-6H2,(H,23,26)(H2,24,25,27). The molecule has 3 amide bonds. The highest BCUT2D eigenvalue weighted by atomic mass is 35.5. The van der Waals surface area contributed by atoms with Crippen molar-refractivity contribution in [3.05, 3.63) is 57.8 Å². The quantitative estimate of drug-likeness (QED) is 0.567. The highest BCUT2D eigenvalue weighted by Crippen LogP contribution is 2.23. The van der Waals surface area contributed by atoms with Crippen molar-refractivity contribution in [2.45, 2.75) is 6.61 Å². The third-order valence-electron chi connectivity index (χ3n) is 3.28. The number of anilines is 1. The van der Waals surface area contributed by atoms with Crippen LogP contribution in [0.15, 0.2) is 36.4 Å². The molecule has 0 atom stereocenters. The Kier molecular flexibility index (Phi) is 7.77. The van der Waals surface area contributed by atoms with Crippen molar-refractivity contribution in [3.8, 4) is 5.75 Å².